The van der Waals surface area contributed by atoms with E-state index >= 15 is 0 Å². The van der Waals surface area contributed by atoms with E-state index in [2.05, 4.69) is 16.0 Å². The van der Waals surface area contributed by atoms with E-state index in [1.165, 1.54) is 6.42 Å². The lowest BCUT2D eigenvalue weighted by Crippen LogP contribution is -2.42. The molecule has 1 heterocycles. The zero-order valence-corrected chi connectivity index (χ0v) is 18.3. The number of amides is 2. The summed E-state index contributed by atoms with van der Waals surface area (Å²) in [7, 11) is 0. The summed E-state index contributed by atoms with van der Waals surface area (Å²) < 4.78 is 5.94. The summed E-state index contributed by atoms with van der Waals surface area (Å²) in [6.07, 6.45) is 5.51. The van der Waals surface area contributed by atoms with Crippen LogP contribution >= 0.6 is 0 Å². The molecule has 1 aliphatic heterocycles. The monoisotopic (exact) mass is 417 g/mol. The first-order chi connectivity index (χ1) is 14.2. The molecule has 7 heteroatoms. The van der Waals surface area contributed by atoms with Crippen LogP contribution in [0.5, 0.6) is 5.75 Å². The first-order valence-corrected chi connectivity index (χ1v) is 11.0. The van der Waals surface area contributed by atoms with Crippen molar-refractivity contribution in [3.05, 3.63) is 17.7 Å². The highest BCUT2D eigenvalue weighted by atomic mass is 16.5. The van der Waals surface area contributed by atoms with Crippen LogP contribution < -0.4 is 20.7 Å². The Morgan fingerprint density at radius 2 is 1.97 bits per heavy atom. The molecule has 0 bridgehead atoms. The smallest absolute Gasteiger partial charge is 0.227 e. The van der Waals surface area contributed by atoms with E-state index in [1.807, 2.05) is 20.8 Å². The minimum Gasteiger partial charge on any atom is -0.490 e. The third kappa shape index (κ3) is 6.44. The minimum atomic E-state index is -0.668. The Kier molecular flexibility index (Phi) is 7.36. The Hall–Kier alpha value is -2.12. The summed E-state index contributed by atoms with van der Waals surface area (Å²) in [6, 6.07) is 3.61. The van der Waals surface area contributed by atoms with Gasteiger partial charge in [0.25, 0.3) is 0 Å². The first kappa shape index (κ1) is 22.6. The number of anilines is 2. The third-order valence-electron chi connectivity index (χ3n) is 5.63. The largest absolute Gasteiger partial charge is 0.490 e. The summed E-state index contributed by atoms with van der Waals surface area (Å²) in [5.41, 5.74) is 2.10. The molecule has 1 atom stereocenters. The molecule has 1 saturated carbocycles. The highest BCUT2D eigenvalue weighted by molar-refractivity contribution is 5.98. The maximum Gasteiger partial charge on any atom is 0.227 e. The number of aliphatic hydroxyl groups excluding tert-OH is 1. The molecule has 7 nitrogen and oxygen atoms in total. The number of aliphatic hydroxyl groups is 1. The summed E-state index contributed by atoms with van der Waals surface area (Å²) in [5.74, 6) is 0.621. The number of β-amino-alcohol motifs (C(OH)–C–C–N with tert-alkyl or cyclic N) is 1. The molecule has 4 N–H and O–H groups in total. The Bertz CT molecular complexity index is 766. The lowest BCUT2D eigenvalue weighted by atomic mass is 9.88. The zero-order valence-electron chi connectivity index (χ0n) is 18.3. The third-order valence-corrected chi connectivity index (χ3v) is 5.63. The van der Waals surface area contributed by atoms with Crippen molar-refractivity contribution in [2.45, 2.75) is 77.4 Å². The van der Waals surface area contributed by atoms with E-state index in [0.29, 0.717) is 36.5 Å². The van der Waals surface area contributed by atoms with Gasteiger partial charge >= 0.3 is 0 Å². The summed E-state index contributed by atoms with van der Waals surface area (Å²) in [4.78, 5) is 24.5. The Morgan fingerprint density at radius 3 is 2.67 bits per heavy atom. The van der Waals surface area contributed by atoms with Crippen molar-refractivity contribution in [2.24, 2.45) is 5.92 Å². The Balaban J connectivity index is 1.71. The number of rotatable bonds is 7. The van der Waals surface area contributed by atoms with Crippen LogP contribution in [0, 0.1) is 5.92 Å². The summed E-state index contributed by atoms with van der Waals surface area (Å²) >= 11 is 0. The van der Waals surface area contributed by atoms with Crippen LogP contribution in [-0.4, -0.2) is 41.7 Å². The van der Waals surface area contributed by atoms with Crippen molar-refractivity contribution < 1.29 is 19.4 Å². The molecule has 3 rings (SSSR count). The van der Waals surface area contributed by atoms with Gasteiger partial charge in [0.2, 0.25) is 11.8 Å². The van der Waals surface area contributed by atoms with Crippen LogP contribution in [0.25, 0.3) is 0 Å². The van der Waals surface area contributed by atoms with Crippen LogP contribution in [0.4, 0.5) is 11.4 Å². The molecule has 0 saturated heterocycles. The minimum absolute atomic E-state index is 0.0251. The fourth-order valence-corrected chi connectivity index (χ4v) is 3.94. The molecule has 2 aliphatic rings. The van der Waals surface area contributed by atoms with Crippen molar-refractivity contribution in [1.29, 1.82) is 0 Å². The van der Waals surface area contributed by atoms with Crippen molar-refractivity contribution in [3.8, 4) is 5.75 Å². The predicted octanol–water partition coefficient (Wildman–Crippen LogP) is 3.22. The van der Waals surface area contributed by atoms with Crippen LogP contribution in [0.2, 0.25) is 0 Å². The molecule has 2 amide bonds. The molecule has 1 aromatic rings. The van der Waals surface area contributed by atoms with Gasteiger partial charge in [-0.2, -0.15) is 0 Å². The van der Waals surface area contributed by atoms with E-state index in [9.17, 15) is 14.7 Å². The summed E-state index contributed by atoms with van der Waals surface area (Å²) in [6.45, 7) is 6.67. The first-order valence-electron chi connectivity index (χ1n) is 11.0. The molecular formula is C23H35N3O4. The van der Waals surface area contributed by atoms with E-state index in [4.69, 9.17) is 4.74 Å². The topological polar surface area (TPSA) is 99.7 Å². The predicted molar refractivity (Wildman–Crippen MR) is 118 cm³/mol. The van der Waals surface area contributed by atoms with Crippen LogP contribution in [-0.2, 0) is 16.0 Å². The van der Waals surface area contributed by atoms with Crippen molar-refractivity contribution >= 4 is 23.2 Å². The lowest BCUT2D eigenvalue weighted by molar-refractivity contribution is -0.120. The van der Waals surface area contributed by atoms with Gasteiger partial charge in [0.1, 0.15) is 18.5 Å². The Labute approximate surface area is 179 Å². The second-order valence-electron chi connectivity index (χ2n) is 9.47. The van der Waals surface area contributed by atoms with Gasteiger partial charge in [-0.3, -0.25) is 9.59 Å². The van der Waals surface area contributed by atoms with E-state index in [1.54, 1.807) is 12.1 Å². The number of hydrogen-bond acceptors (Lipinski definition) is 5. The standard InChI is InChI=1S/C23H35N3O4/c1-23(2,3)24-13-17(27)14-30-20-12-16(11-19-18(20)9-10-21(28)26-19)25-22(29)15-7-5-4-6-8-15/h11-12,15,17,24,27H,4-10,13-14H2,1-3H3,(H,25,29)(H,26,28). The fourth-order valence-electron chi connectivity index (χ4n) is 3.94. The highest BCUT2D eigenvalue weighted by Crippen LogP contribution is 2.36. The lowest BCUT2D eigenvalue weighted by Gasteiger charge is -2.25. The number of nitrogens with one attached hydrogen (secondary N) is 3. The van der Waals surface area contributed by atoms with Gasteiger partial charge in [-0.1, -0.05) is 19.3 Å². The maximum atomic E-state index is 12.7. The van der Waals surface area contributed by atoms with Crippen LogP contribution in [0.3, 0.4) is 0 Å². The second-order valence-corrected chi connectivity index (χ2v) is 9.47. The fraction of sp³-hybridized carbons (Fsp3) is 0.652. The molecule has 0 aromatic heterocycles. The van der Waals surface area contributed by atoms with Gasteiger partial charge in [0, 0.05) is 47.4 Å². The molecule has 1 aliphatic carbocycles. The zero-order chi connectivity index (χ0) is 21.7. The average molecular weight is 418 g/mol. The Morgan fingerprint density at radius 1 is 1.23 bits per heavy atom. The number of fused-ring (bicyclic) bond motifs is 1. The van der Waals surface area contributed by atoms with Gasteiger partial charge in [0.05, 0.1) is 0 Å². The molecule has 1 fully saturated rings. The second kappa shape index (κ2) is 9.79. The van der Waals surface area contributed by atoms with E-state index < -0.39 is 6.10 Å². The highest BCUT2D eigenvalue weighted by Gasteiger charge is 2.24. The van der Waals surface area contributed by atoms with Gasteiger partial charge < -0.3 is 25.8 Å². The van der Waals surface area contributed by atoms with E-state index in [0.717, 1.165) is 31.2 Å². The van der Waals surface area contributed by atoms with Crippen LogP contribution in [0.1, 0.15) is 64.9 Å². The SMILES string of the molecule is CC(C)(C)NCC(O)COc1cc(NC(=O)C2CCCCC2)cc2c1CCC(=O)N2. The van der Waals surface area contributed by atoms with Crippen molar-refractivity contribution in [3.63, 3.8) is 0 Å². The van der Waals surface area contributed by atoms with Crippen molar-refractivity contribution in [1.82, 2.24) is 5.32 Å². The van der Waals surface area contributed by atoms with Gasteiger partial charge in [0.15, 0.2) is 0 Å². The maximum absolute atomic E-state index is 12.7. The van der Waals surface area contributed by atoms with Crippen LogP contribution in [0.15, 0.2) is 12.1 Å². The molecule has 1 aromatic carbocycles. The molecular weight excluding hydrogens is 382 g/mol. The number of hydrogen-bond donors (Lipinski definition) is 4. The molecule has 1 unspecified atom stereocenters. The number of ether oxygens (including phenoxy) is 1. The number of carbonyl (C=O) groups excluding carboxylic acids is 2. The van der Waals surface area contributed by atoms with Gasteiger partial charge in [-0.25, -0.2) is 0 Å². The van der Waals surface area contributed by atoms with Crippen molar-refractivity contribution in [2.75, 3.05) is 23.8 Å². The van der Waals surface area contributed by atoms with E-state index in [-0.39, 0.29) is 29.9 Å². The molecule has 30 heavy (non-hydrogen) atoms. The number of carbonyl (C=O) groups is 2. The molecule has 0 radical (unpaired) electrons. The molecule has 0 spiro atoms. The van der Waals surface area contributed by atoms with Gasteiger partial charge in [-0.15, -0.1) is 0 Å². The summed E-state index contributed by atoms with van der Waals surface area (Å²) in [5, 5.41) is 19.4. The quantitative estimate of drug-likeness (QED) is 0.546. The average Bonchev–Trinajstić information content (AvgIpc) is 2.70. The number of benzene rings is 1. The molecule has 166 valence electrons. The van der Waals surface area contributed by atoms with Gasteiger partial charge in [-0.05, 0) is 46.1 Å². The normalized spacial score (nSPS) is 18.3.